The molecule has 2 aliphatic rings. The van der Waals surface area contributed by atoms with Crippen molar-refractivity contribution < 1.29 is 9.53 Å². The van der Waals surface area contributed by atoms with Crippen LogP contribution in [0.25, 0.3) is 10.8 Å². The van der Waals surface area contributed by atoms with E-state index in [0.29, 0.717) is 12.5 Å². The van der Waals surface area contributed by atoms with Crippen LogP contribution in [-0.4, -0.2) is 19.6 Å². The molecule has 0 spiro atoms. The minimum absolute atomic E-state index is 0.0304. The number of hydrogen-bond donors (Lipinski definition) is 1. The number of allylic oxidation sites excluding steroid dienone is 2. The minimum Gasteiger partial charge on any atom is -0.496 e. The van der Waals surface area contributed by atoms with E-state index in [1.165, 1.54) is 21.9 Å². The third-order valence-electron chi connectivity index (χ3n) is 7.70. The van der Waals surface area contributed by atoms with E-state index >= 15 is 0 Å². The van der Waals surface area contributed by atoms with Crippen LogP contribution in [0.2, 0.25) is 0 Å². The molecule has 180 valence electrons. The Hall–Kier alpha value is -4.05. The number of fused-ring (bicyclic) bond motifs is 4. The Morgan fingerprint density at radius 2 is 1.81 bits per heavy atom. The lowest BCUT2D eigenvalue weighted by atomic mass is 9.75. The first-order valence-corrected chi connectivity index (χ1v) is 12.7. The molecule has 0 saturated heterocycles. The Morgan fingerprint density at radius 1 is 1.00 bits per heavy atom. The molecule has 1 N–H and O–H groups in total. The third kappa shape index (κ3) is 3.65. The van der Waals surface area contributed by atoms with E-state index < -0.39 is 0 Å². The number of hydrogen-bond acceptors (Lipinski definition) is 3. The van der Waals surface area contributed by atoms with Crippen molar-refractivity contribution in [2.24, 2.45) is 5.92 Å². The zero-order valence-corrected chi connectivity index (χ0v) is 20.6. The van der Waals surface area contributed by atoms with Gasteiger partial charge in [-0.25, -0.2) is 0 Å². The molecule has 4 heteroatoms. The first-order chi connectivity index (χ1) is 17.7. The van der Waals surface area contributed by atoms with Gasteiger partial charge in [-0.15, -0.1) is 0 Å². The number of nitrogens with one attached hydrogen (secondary N) is 1. The highest BCUT2D eigenvalue weighted by molar-refractivity contribution is 6.06. The summed E-state index contributed by atoms with van der Waals surface area (Å²) in [5.41, 5.74) is 5.13. The van der Waals surface area contributed by atoms with Crippen LogP contribution in [0.1, 0.15) is 46.8 Å². The molecule has 4 aromatic carbocycles. The summed E-state index contributed by atoms with van der Waals surface area (Å²) in [7, 11) is 1.75. The number of anilines is 2. The van der Waals surface area contributed by atoms with Crippen molar-refractivity contribution in [3.8, 4) is 5.75 Å². The molecule has 0 bridgehead atoms. The second-order valence-electron chi connectivity index (χ2n) is 9.57. The van der Waals surface area contributed by atoms with Gasteiger partial charge in [0.15, 0.2) is 0 Å². The lowest BCUT2D eigenvalue weighted by molar-refractivity contribution is 0.0988. The molecular formula is C32H30N2O2. The fraction of sp³-hybridized carbons (Fsp3) is 0.219. The van der Waals surface area contributed by atoms with Crippen LogP contribution < -0.4 is 15.0 Å². The number of benzene rings is 4. The number of rotatable bonds is 5. The van der Waals surface area contributed by atoms with Crippen LogP contribution in [-0.2, 0) is 0 Å². The van der Waals surface area contributed by atoms with Gasteiger partial charge < -0.3 is 15.0 Å². The van der Waals surface area contributed by atoms with Crippen molar-refractivity contribution in [2.45, 2.75) is 25.3 Å². The van der Waals surface area contributed by atoms with Gasteiger partial charge in [-0.3, -0.25) is 4.79 Å². The average molecular weight is 475 g/mol. The van der Waals surface area contributed by atoms with E-state index in [-0.39, 0.29) is 17.9 Å². The summed E-state index contributed by atoms with van der Waals surface area (Å²) >= 11 is 0. The smallest absolute Gasteiger partial charge is 0.258 e. The topological polar surface area (TPSA) is 41.6 Å². The van der Waals surface area contributed by atoms with Crippen LogP contribution in [0.4, 0.5) is 11.4 Å². The highest BCUT2D eigenvalue weighted by Crippen LogP contribution is 2.52. The molecule has 0 aromatic heterocycles. The van der Waals surface area contributed by atoms with Gasteiger partial charge in [-0.1, -0.05) is 60.7 Å². The molecule has 4 aromatic rings. The summed E-state index contributed by atoms with van der Waals surface area (Å²) in [5.74, 6) is 1.53. The largest absolute Gasteiger partial charge is 0.496 e. The Labute approximate surface area is 212 Å². The normalized spacial score (nSPS) is 19.9. The molecular weight excluding hydrogens is 444 g/mol. The average Bonchev–Trinajstić information content (AvgIpc) is 3.43. The number of ether oxygens (including phenoxy) is 1. The maximum Gasteiger partial charge on any atom is 0.258 e. The lowest BCUT2D eigenvalue weighted by Crippen LogP contribution is -2.32. The van der Waals surface area contributed by atoms with Gasteiger partial charge in [-0.05, 0) is 72.0 Å². The Bertz CT molecular complexity index is 1460. The molecule has 0 fully saturated rings. The van der Waals surface area contributed by atoms with Crippen molar-refractivity contribution in [3.63, 3.8) is 0 Å². The number of carbonyl (C=O) groups is 1. The van der Waals surface area contributed by atoms with E-state index in [4.69, 9.17) is 4.74 Å². The van der Waals surface area contributed by atoms with Crippen LogP contribution in [0.5, 0.6) is 5.75 Å². The number of amides is 1. The first kappa shape index (κ1) is 22.4. The molecule has 4 nitrogen and oxygen atoms in total. The molecule has 1 aliphatic carbocycles. The molecule has 3 unspecified atom stereocenters. The third-order valence-corrected chi connectivity index (χ3v) is 7.70. The highest BCUT2D eigenvalue weighted by atomic mass is 16.5. The van der Waals surface area contributed by atoms with Crippen molar-refractivity contribution in [1.29, 1.82) is 0 Å². The van der Waals surface area contributed by atoms with E-state index in [9.17, 15) is 4.79 Å². The van der Waals surface area contributed by atoms with Gasteiger partial charge >= 0.3 is 0 Å². The lowest BCUT2D eigenvalue weighted by Gasteiger charge is -2.38. The second kappa shape index (κ2) is 9.19. The minimum atomic E-state index is 0.0304. The Balaban J connectivity index is 1.41. The molecule has 1 amide bonds. The summed E-state index contributed by atoms with van der Waals surface area (Å²) in [6, 6.07) is 28.8. The summed E-state index contributed by atoms with van der Waals surface area (Å²) in [5, 5.41) is 6.28. The number of carbonyl (C=O) groups excluding carboxylic acids is 1. The maximum atomic E-state index is 13.5. The maximum absolute atomic E-state index is 13.5. The summed E-state index contributed by atoms with van der Waals surface area (Å²) in [6.45, 7) is 2.63. The standard InChI is InChI=1S/C32H30N2O2/c1-3-34(23-11-5-4-6-12-23)32(35)22-16-18-28-27(20-22)25-14-9-15-26(25)31(33-28)30-24-13-8-7-10-21(24)17-19-29(30)36-2/h4-14,16-20,25-26,31,33H,3,15H2,1-2H3. The van der Waals surface area contributed by atoms with E-state index in [1.54, 1.807) is 7.11 Å². The van der Waals surface area contributed by atoms with Crippen molar-refractivity contribution in [2.75, 3.05) is 23.9 Å². The van der Waals surface area contributed by atoms with E-state index in [0.717, 1.165) is 29.1 Å². The predicted molar refractivity (Wildman–Crippen MR) is 147 cm³/mol. The fourth-order valence-corrected chi connectivity index (χ4v) is 5.99. The van der Waals surface area contributed by atoms with E-state index in [2.05, 4.69) is 66.0 Å². The highest BCUT2D eigenvalue weighted by Gasteiger charge is 2.40. The van der Waals surface area contributed by atoms with Gasteiger partial charge in [0.25, 0.3) is 5.91 Å². The molecule has 1 heterocycles. The summed E-state index contributed by atoms with van der Waals surface area (Å²) in [4.78, 5) is 15.4. The Kier molecular flexibility index (Phi) is 5.73. The van der Waals surface area contributed by atoms with E-state index in [1.807, 2.05) is 48.2 Å². The van der Waals surface area contributed by atoms with Gasteiger partial charge in [0, 0.05) is 35.0 Å². The molecule has 36 heavy (non-hydrogen) atoms. The summed E-state index contributed by atoms with van der Waals surface area (Å²) < 4.78 is 5.86. The second-order valence-corrected chi connectivity index (χ2v) is 9.57. The SMILES string of the molecule is CCN(C(=O)c1ccc2c(c1)C1C=CCC1C(c1c(OC)ccc3ccccc13)N2)c1ccccc1. The van der Waals surface area contributed by atoms with Crippen molar-refractivity contribution in [3.05, 3.63) is 114 Å². The monoisotopic (exact) mass is 474 g/mol. The predicted octanol–water partition coefficient (Wildman–Crippen LogP) is 7.34. The van der Waals surface area contributed by atoms with Crippen LogP contribution >= 0.6 is 0 Å². The summed E-state index contributed by atoms with van der Waals surface area (Å²) in [6.07, 6.45) is 5.59. The van der Waals surface area contributed by atoms with Gasteiger partial charge in [-0.2, -0.15) is 0 Å². The zero-order valence-electron chi connectivity index (χ0n) is 20.6. The number of nitrogens with zero attached hydrogens (tertiary/aromatic N) is 1. The number of para-hydroxylation sites is 1. The van der Waals surface area contributed by atoms with Gasteiger partial charge in [0.1, 0.15) is 5.75 Å². The quantitative estimate of drug-likeness (QED) is 0.308. The van der Waals surface area contributed by atoms with Crippen molar-refractivity contribution >= 4 is 28.1 Å². The van der Waals surface area contributed by atoms with Crippen molar-refractivity contribution in [1.82, 2.24) is 0 Å². The molecule has 1 aliphatic heterocycles. The molecule has 3 atom stereocenters. The van der Waals surface area contributed by atoms with Crippen LogP contribution in [0, 0.1) is 5.92 Å². The number of methoxy groups -OCH3 is 1. The molecule has 0 saturated carbocycles. The van der Waals surface area contributed by atoms with Gasteiger partial charge in [0.05, 0.1) is 13.2 Å². The molecule has 0 radical (unpaired) electrons. The Morgan fingerprint density at radius 3 is 2.61 bits per heavy atom. The van der Waals surface area contributed by atoms with Crippen LogP contribution in [0.15, 0.2) is 97.1 Å². The van der Waals surface area contributed by atoms with Gasteiger partial charge in [0.2, 0.25) is 0 Å². The zero-order chi connectivity index (χ0) is 24.6. The fourth-order valence-electron chi connectivity index (χ4n) is 5.99. The van der Waals surface area contributed by atoms with Crippen LogP contribution in [0.3, 0.4) is 0 Å². The molecule has 6 rings (SSSR count). The first-order valence-electron chi connectivity index (χ1n) is 12.7.